The van der Waals surface area contributed by atoms with Crippen LogP contribution in [0.1, 0.15) is 89.1 Å². The van der Waals surface area contributed by atoms with E-state index in [1.165, 1.54) is 0 Å². The Kier molecular flexibility index (Phi) is 12.1. The molecule has 3 atom stereocenters. The van der Waals surface area contributed by atoms with Crippen molar-refractivity contribution < 1.29 is 27.6 Å². The Bertz CT molecular complexity index is 984. The van der Waals surface area contributed by atoms with E-state index < -0.39 is 29.6 Å². The number of halogens is 3. The SMILES string of the molecule is CCCC[C@H]1C[C@H](N(C)C(C)C)CC[C@@H]1NC(=O)CNC(=O)c1cc(C(F)(F)F)ccc1NC(=O)NC(C)C. The molecule has 4 N–H and O–H groups in total. The number of alkyl halides is 3. The zero-order chi connectivity index (χ0) is 29.3. The van der Waals surface area contributed by atoms with Gasteiger partial charge in [-0.15, -0.1) is 0 Å². The maximum atomic E-state index is 13.3. The molecule has 220 valence electrons. The molecule has 2 rings (SSSR count). The lowest BCUT2D eigenvalue weighted by Crippen LogP contribution is -2.51. The molecule has 0 unspecified atom stereocenters. The number of carbonyl (C=O) groups is 3. The van der Waals surface area contributed by atoms with Crippen molar-refractivity contribution >= 4 is 23.5 Å². The Morgan fingerprint density at radius 1 is 1.10 bits per heavy atom. The first kappa shape index (κ1) is 32.4. The molecule has 1 fully saturated rings. The van der Waals surface area contributed by atoms with Crippen molar-refractivity contribution in [2.24, 2.45) is 5.92 Å². The summed E-state index contributed by atoms with van der Waals surface area (Å²) in [5.74, 6) is -0.978. The molecule has 1 aromatic rings. The van der Waals surface area contributed by atoms with E-state index in [0.717, 1.165) is 50.7 Å². The molecule has 0 aliphatic heterocycles. The van der Waals surface area contributed by atoms with Crippen LogP contribution in [0.25, 0.3) is 0 Å². The molecule has 1 aromatic carbocycles. The molecule has 0 bridgehead atoms. The summed E-state index contributed by atoms with van der Waals surface area (Å²) in [6.07, 6.45) is 1.18. The van der Waals surface area contributed by atoms with Gasteiger partial charge in [-0.2, -0.15) is 13.2 Å². The third-order valence-electron chi connectivity index (χ3n) is 7.29. The molecule has 4 amide bonds. The van der Waals surface area contributed by atoms with E-state index in [2.05, 4.69) is 54.0 Å². The highest BCUT2D eigenvalue weighted by atomic mass is 19.4. The van der Waals surface area contributed by atoms with Crippen LogP contribution in [0.5, 0.6) is 0 Å². The Labute approximate surface area is 229 Å². The fourth-order valence-corrected chi connectivity index (χ4v) is 4.96. The Balaban J connectivity index is 2.09. The van der Waals surface area contributed by atoms with Gasteiger partial charge in [0.25, 0.3) is 5.91 Å². The average molecular weight is 556 g/mol. The van der Waals surface area contributed by atoms with Crippen LogP contribution in [0.15, 0.2) is 18.2 Å². The summed E-state index contributed by atoms with van der Waals surface area (Å²) in [4.78, 5) is 40.2. The third kappa shape index (κ3) is 10.0. The predicted molar refractivity (Wildman–Crippen MR) is 147 cm³/mol. The minimum Gasteiger partial charge on any atom is -0.352 e. The van der Waals surface area contributed by atoms with Crippen LogP contribution in [-0.2, 0) is 11.0 Å². The molecule has 39 heavy (non-hydrogen) atoms. The van der Waals surface area contributed by atoms with Gasteiger partial charge in [0.1, 0.15) is 0 Å². The molecule has 0 spiro atoms. The minimum absolute atomic E-state index is 0.0247. The smallest absolute Gasteiger partial charge is 0.352 e. The fourth-order valence-electron chi connectivity index (χ4n) is 4.96. The quantitative estimate of drug-likeness (QED) is 0.303. The first-order valence-electron chi connectivity index (χ1n) is 13.8. The summed E-state index contributed by atoms with van der Waals surface area (Å²) >= 11 is 0. The summed E-state index contributed by atoms with van der Waals surface area (Å²) in [7, 11) is 2.13. The van der Waals surface area contributed by atoms with Gasteiger partial charge in [-0.25, -0.2) is 4.79 Å². The summed E-state index contributed by atoms with van der Waals surface area (Å²) < 4.78 is 40.0. The Hall–Kier alpha value is -2.82. The first-order valence-corrected chi connectivity index (χ1v) is 13.8. The van der Waals surface area contributed by atoms with E-state index in [-0.39, 0.29) is 29.9 Å². The average Bonchev–Trinajstić information content (AvgIpc) is 2.85. The standard InChI is InChI=1S/C28H44F3N5O3/c1-7-8-9-19-14-21(36(6)18(4)5)11-13-23(19)34-25(37)16-32-26(38)22-15-20(28(29,30)31)10-12-24(22)35-27(39)33-17(2)3/h10,12,15,17-19,21,23H,7-9,11,13-14,16H2,1-6H3,(H,32,38)(H,34,37)(H2,33,35,39)/t19-,21+,23-/m0/s1. The van der Waals surface area contributed by atoms with Crippen LogP contribution in [0.2, 0.25) is 0 Å². The zero-order valence-electron chi connectivity index (χ0n) is 23.9. The number of unbranched alkanes of at least 4 members (excludes halogenated alkanes) is 1. The summed E-state index contributed by atoms with van der Waals surface area (Å²) in [5, 5.41) is 10.4. The number of benzene rings is 1. The number of amides is 4. The number of nitrogens with one attached hydrogen (secondary N) is 4. The van der Waals surface area contributed by atoms with Crippen molar-refractivity contribution in [2.45, 2.75) is 103 Å². The number of rotatable bonds is 11. The normalized spacial score (nSPS) is 19.7. The van der Waals surface area contributed by atoms with E-state index >= 15 is 0 Å². The second-order valence-corrected chi connectivity index (χ2v) is 11.0. The minimum atomic E-state index is -4.68. The number of carbonyl (C=O) groups excluding carboxylic acids is 3. The maximum Gasteiger partial charge on any atom is 0.416 e. The summed E-state index contributed by atoms with van der Waals surface area (Å²) in [6, 6.07) is 2.46. The highest BCUT2D eigenvalue weighted by molar-refractivity contribution is 6.04. The molecule has 1 aliphatic carbocycles. The highest BCUT2D eigenvalue weighted by Crippen LogP contribution is 2.33. The molecular weight excluding hydrogens is 511 g/mol. The van der Waals surface area contributed by atoms with Crippen LogP contribution >= 0.6 is 0 Å². The molecule has 0 heterocycles. The maximum absolute atomic E-state index is 13.3. The molecule has 1 saturated carbocycles. The van der Waals surface area contributed by atoms with Crippen LogP contribution in [0, 0.1) is 5.92 Å². The van der Waals surface area contributed by atoms with Crippen molar-refractivity contribution in [3.05, 3.63) is 29.3 Å². The van der Waals surface area contributed by atoms with E-state index in [4.69, 9.17) is 0 Å². The van der Waals surface area contributed by atoms with Gasteiger partial charge in [0, 0.05) is 24.2 Å². The largest absolute Gasteiger partial charge is 0.416 e. The van der Waals surface area contributed by atoms with Crippen molar-refractivity contribution in [1.29, 1.82) is 0 Å². The van der Waals surface area contributed by atoms with Crippen molar-refractivity contribution in [3.63, 3.8) is 0 Å². The first-order chi connectivity index (χ1) is 18.2. The van der Waals surface area contributed by atoms with Crippen LogP contribution in [0.4, 0.5) is 23.7 Å². The van der Waals surface area contributed by atoms with Gasteiger partial charge in [0.05, 0.1) is 23.4 Å². The van der Waals surface area contributed by atoms with Gasteiger partial charge in [-0.3, -0.25) is 9.59 Å². The van der Waals surface area contributed by atoms with Gasteiger partial charge in [0.2, 0.25) is 5.91 Å². The number of nitrogens with zero attached hydrogens (tertiary/aromatic N) is 1. The van der Waals surface area contributed by atoms with Gasteiger partial charge >= 0.3 is 12.2 Å². The lowest BCUT2D eigenvalue weighted by atomic mass is 9.78. The van der Waals surface area contributed by atoms with Crippen LogP contribution in [0.3, 0.4) is 0 Å². The monoisotopic (exact) mass is 555 g/mol. The number of hydrogen-bond acceptors (Lipinski definition) is 4. The Morgan fingerprint density at radius 2 is 1.79 bits per heavy atom. The molecule has 0 aromatic heterocycles. The number of urea groups is 1. The van der Waals surface area contributed by atoms with Crippen LogP contribution < -0.4 is 21.3 Å². The van der Waals surface area contributed by atoms with E-state index in [0.29, 0.717) is 24.1 Å². The highest BCUT2D eigenvalue weighted by Gasteiger charge is 2.34. The predicted octanol–water partition coefficient (Wildman–Crippen LogP) is 5.15. The summed E-state index contributed by atoms with van der Waals surface area (Å²) in [5.41, 5.74) is -1.50. The van der Waals surface area contributed by atoms with E-state index in [1.807, 2.05) is 0 Å². The van der Waals surface area contributed by atoms with Crippen molar-refractivity contribution in [2.75, 3.05) is 18.9 Å². The molecule has 8 nitrogen and oxygen atoms in total. The molecule has 1 aliphatic rings. The van der Waals surface area contributed by atoms with Gasteiger partial charge in [0.15, 0.2) is 0 Å². The van der Waals surface area contributed by atoms with Crippen LogP contribution in [-0.4, -0.2) is 60.5 Å². The second kappa shape index (κ2) is 14.5. The molecule has 11 heteroatoms. The second-order valence-electron chi connectivity index (χ2n) is 11.0. The number of anilines is 1. The third-order valence-corrected chi connectivity index (χ3v) is 7.29. The Morgan fingerprint density at radius 3 is 2.38 bits per heavy atom. The number of hydrogen-bond donors (Lipinski definition) is 4. The van der Waals surface area contributed by atoms with Gasteiger partial charge in [-0.1, -0.05) is 19.8 Å². The van der Waals surface area contributed by atoms with Crippen molar-refractivity contribution in [3.8, 4) is 0 Å². The van der Waals surface area contributed by atoms with Gasteiger partial charge in [-0.05, 0) is 84.5 Å². The fraction of sp³-hybridized carbons (Fsp3) is 0.679. The molecule has 0 saturated heterocycles. The lowest BCUT2D eigenvalue weighted by Gasteiger charge is -2.42. The molecular formula is C28H44F3N5O3. The van der Waals surface area contributed by atoms with Crippen molar-refractivity contribution in [1.82, 2.24) is 20.9 Å². The summed E-state index contributed by atoms with van der Waals surface area (Å²) in [6.45, 7) is 9.52. The lowest BCUT2D eigenvalue weighted by molar-refractivity contribution is -0.137. The van der Waals surface area contributed by atoms with Gasteiger partial charge < -0.3 is 26.2 Å². The molecule has 0 radical (unpaired) electrons. The van der Waals surface area contributed by atoms with E-state index in [1.54, 1.807) is 13.8 Å². The zero-order valence-corrected chi connectivity index (χ0v) is 23.9. The van der Waals surface area contributed by atoms with E-state index in [9.17, 15) is 27.6 Å². The topological polar surface area (TPSA) is 103 Å².